The molecule has 10 nitrogen and oxygen atoms in total. The van der Waals surface area contributed by atoms with Crippen molar-refractivity contribution in [2.45, 2.75) is 36.7 Å². The number of sulfonamides is 1. The number of H-pyrrole nitrogens is 1. The van der Waals surface area contributed by atoms with Gasteiger partial charge in [0.05, 0.1) is 22.3 Å². The number of halogens is 2. The molecule has 0 radical (unpaired) electrons. The number of carbonyl (C=O) groups is 1. The molecule has 13 heteroatoms. The Morgan fingerprint density at radius 3 is 2.67 bits per heavy atom. The van der Waals surface area contributed by atoms with Crippen molar-refractivity contribution in [3.05, 3.63) is 65.1 Å². The van der Waals surface area contributed by atoms with Crippen LogP contribution in [-0.4, -0.2) is 59.6 Å². The largest absolute Gasteiger partial charge is 0.381 e. The van der Waals surface area contributed by atoms with Crippen LogP contribution in [0.2, 0.25) is 0 Å². The number of hydrogen-bond acceptors (Lipinski definition) is 7. The number of nitrogens with zero attached hydrogens (tertiary/aromatic N) is 3. The summed E-state index contributed by atoms with van der Waals surface area (Å²) in [5.74, 6) is -2.21. The zero-order valence-corrected chi connectivity index (χ0v) is 19.9. The van der Waals surface area contributed by atoms with Gasteiger partial charge in [-0.1, -0.05) is 0 Å². The number of fused-ring (bicyclic) bond motifs is 1. The van der Waals surface area contributed by atoms with Gasteiger partial charge in [-0.3, -0.25) is 14.9 Å². The third-order valence-electron chi connectivity index (χ3n) is 6.25. The maximum atomic E-state index is 13.7. The Labute approximate surface area is 206 Å². The summed E-state index contributed by atoms with van der Waals surface area (Å²) in [6.07, 6.45) is 5.00. The number of hydrogen-bond donors (Lipinski definition) is 3. The van der Waals surface area contributed by atoms with E-state index in [4.69, 9.17) is 4.74 Å². The summed E-state index contributed by atoms with van der Waals surface area (Å²) in [7, 11) is -4.18. The van der Waals surface area contributed by atoms with Crippen molar-refractivity contribution in [1.29, 1.82) is 0 Å². The highest BCUT2D eigenvalue weighted by Gasteiger charge is 2.32. The molecule has 1 fully saturated rings. The minimum atomic E-state index is -4.18. The van der Waals surface area contributed by atoms with Crippen molar-refractivity contribution in [1.82, 2.24) is 19.5 Å². The molecule has 1 amide bonds. The first-order valence-corrected chi connectivity index (χ1v) is 12.9. The lowest BCUT2D eigenvalue weighted by atomic mass is 10.1. The zero-order valence-electron chi connectivity index (χ0n) is 19.1. The first-order valence-electron chi connectivity index (χ1n) is 11.4. The van der Waals surface area contributed by atoms with Crippen LogP contribution < -0.4 is 10.6 Å². The number of anilines is 2. The molecule has 3 N–H and O–H groups in total. The molecule has 36 heavy (non-hydrogen) atoms. The van der Waals surface area contributed by atoms with E-state index in [9.17, 15) is 22.0 Å². The number of ether oxygens (including phenoxy) is 1. The Bertz CT molecular complexity index is 1370. The molecular formula is C23H24F2N6O4S. The van der Waals surface area contributed by atoms with E-state index in [1.165, 1.54) is 6.20 Å². The van der Waals surface area contributed by atoms with Crippen LogP contribution in [0.5, 0.6) is 0 Å². The van der Waals surface area contributed by atoms with E-state index in [0.29, 0.717) is 48.2 Å². The van der Waals surface area contributed by atoms with Crippen LogP contribution >= 0.6 is 0 Å². The molecule has 5 rings (SSSR count). The lowest BCUT2D eigenvalue weighted by Crippen LogP contribution is -2.36. The molecule has 0 bridgehead atoms. The predicted octanol–water partition coefficient (Wildman–Crippen LogP) is 2.67. The normalized spacial score (nSPS) is 16.9. The first kappa shape index (κ1) is 24.3. The van der Waals surface area contributed by atoms with Crippen molar-refractivity contribution < 1.29 is 26.7 Å². The molecule has 0 atom stereocenters. The van der Waals surface area contributed by atoms with E-state index in [0.717, 1.165) is 29.3 Å². The SMILES string of the molecule is O=C(Nc1n[nH]c2c1CN(S(=O)(=O)c1cc(F)cc(F)c1)CC2)c1ccncc1NC1CCOCC1. The van der Waals surface area contributed by atoms with Crippen LogP contribution in [0.1, 0.15) is 34.5 Å². The predicted molar refractivity (Wildman–Crippen MR) is 126 cm³/mol. The Hall–Kier alpha value is -3.42. The Morgan fingerprint density at radius 1 is 1.17 bits per heavy atom. The van der Waals surface area contributed by atoms with E-state index in [1.54, 1.807) is 12.3 Å². The first-order chi connectivity index (χ1) is 17.3. The van der Waals surface area contributed by atoms with Crippen molar-refractivity contribution >= 4 is 27.4 Å². The van der Waals surface area contributed by atoms with Crippen LogP contribution in [0.25, 0.3) is 0 Å². The van der Waals surface area contributed by atoms with E-state index < -0.39 is 32.5 Å². The maximum Gasteiger partial charge on any atom is 0.259 e. The fraction of sp³-hybridized carbons (Fsp3) is 0.348. The highest BCUT2D eigenvalue weighted by molar-refractivity contribution is 7.89. The van der Waals surface area contributed by atoms with Crippen LogP contribution in [0.15, 0.2) is 41.6 Å². The van der Waals surface area contributed by atoms with Gasteiger partial charge in [-0.15, -0.1) is 0 Å². The topological polar surface area (TPSA) is 129 Å². The van der Waals surface area contributed by atoms with E-state index in [1.807, 2.05) is 0 Å². The average molecular weight is 519 g/mol. The standard InChI is InChI=1S/C23H24F2N6O4S/c24-14-9-15(25)11-17(10-14)36(33,34)31-6-2-20-19(13-31)22(30-29-20)28-23(32)18-1-5-26-12-21(18)27-16-3-7-35-8-4-16/h1,5,9-12,16,27H,2-4,6-8,13H2,(H2,28,29,30,32). The minimum absolute atomic E-state index is 0.0899. The van der Waals surface area contributed by atoms with E-state index >= 15 is 0 Å². The lowest BCUT2D eigenvalue weighted by molar-refractivity contribution is 0.0904. The monoisotopic (exact) mass is 518 g/mol. The molecular weight excluding hydrogens is 494 g/mol. The van der Waals surface area contributed by atoms with E-state index in [-0.39, 0.29) is 24.9 Å². The molecule has 190 valence electrons. The lowest BCUT2D eigenvalue weighted by Gasteiger charge is -2.26. The second-order valence-electron chi connectivity index (χ2n) is 8.63. The maximum absolute atomic E-state index is 13.7. The van der Waals surface area contributed by atoms with Crippen molar-refractivity contribution in [2.75, 3.05) is 30.4 Å². The molecule has 3 aromatic rings. The van der Waals surface area contributed by atoms with Gasteiger partial charge in [0.2, 0.25) is 10.0 Å². The van der Waals surface area contributed by atoms with Crippen LogP contribution in [0, 0.1) is 11.6 Å². The number of nitrogens with one attached hydrogen (secondary N) is 3. The molecule has 2 aromatic heterocycles. The van der Waals surface area contributed by atoms with Gasteiger partial charge in [0.1, 0.15) is 11.6 Å². The molecule has 0 aliphatic carbocycles. The molecule has 0 spiro atoms. The number of pyridine rings is 1. The number of benzene rings is 1. The summed E-state index contributed by atoms with van der Waals surface area (Å²) >= 11 is 0. The summed E-state index contributed by atoms with van der Waals surface area (Å²) in [4.78, 5) is 16.8. The third-order valence-corrected chi connectivity index (χ3v) is 8.07. The fourth-order valence-corrected chi connectivity index (χ4v) is 5.80. The summed E-state index contributed by atoms with van der Waals surface area (Å²) in [6, 6.07) is 3.91. The highest BCUT2D eigenvalue weighted by Crippen LogP contribution is 2.29. The van der Waals surface area contributed by atoms with Crippen LogP contribution in [-0.2, 0) is 27.7 Å². The fourth-order valence-electron chi connectivity index (χ4n) is 4.35. The summed E-state index contributed by atoms with van der Waals surface area (Å²) in [5, 5.41) is 13.1. The molecule has 2 aliphatic rings. The van der Waals surface area contributed by atoms with Gasteiger partial charge in [0.25, 0.3) is 5.91 Å². The van der Waals surface area contributed by atoms with Gasteiger partial charge in [0.15, 0.2) is 5.82 Å². The second kappa shape index (κ2) is 9.91. The van der Waals surface area contributed by atoms with Gasteiger partial charge < -0.3 is 15.4 Å². The van der Waals surface area contributed by atoms with Gasteiger partial charge in [-0.05, 0) is 31.0 Å². The molecule has 2 aliphatic heterocycles. The Balaban J connectivity index is 1.35. The number of aromatic nitrogens is 3. The zero-order chi connectivity index (χ0) is 25.3. The Kier molecular flexibility index (Phi) is 6.69. The molecule has 1 aromatic carbocycles. The third kappa shape index (κ3) is 4.94. The van der Waals surface area contributed by atoms with E-state index in [2.05, 4.69) is 25.8 Å². The van der Waals surface area contributed by atoms with Crippen LogP contribution in [0.4, 0.5) is 20.3 Å². The van der Waals surface area contributed by atoms with Gasteiger partial charge in [0, 0.05) is 62.3 Å². The molecule has 0 unspecified atom stereocenters. The van der Waals surface area contributed by atoms with Crippen molar-refractivity contribution in [3.63, 3.8) is 0 Å². The summed E-state index contributed by atoms with van der Waals surface area (Å²) in [5.41, 5.74) is 2.10. The summed E-state index contributed by atoms with van der Waals surface area (Å²) < 4.78 is 59.9. The summed E-state index contributed by atoms with van der Waals surface area (Å²) in [6.45, 7) is 1.25. The smallest absolute Gasteiger partial charge is 0.259 e. The molecule has 1 saturated heterocycles. The number of amides is 1. The van der Waals surface area contributed by atoms with Crippen molar-refractivity contribution in [3.8, 4) is 0 Å². The van der Waals surface area contributed by atoms with Crippen LogP contribution in [0.3, 0.4) is 0 Å². The van der Waals surface area contributed by atoms with Crippen molar-refractivity contribution in [2.24, 2.45) is 0 Å². The quantitative estimate of drug-likeness (QED) is 0.458. The average Bonchev–Trinajstić information content (AvgIpc) is 3.26. The number of carbonyl (C=O) groups excluding carboxylic acids is 1. The minimum Gasteiger partial charge on any atom is -0.381 e. The van der Waals surface area contributed by atoms with Gasteiger partial charge >= 0.3 is 0 Å². The number of rotatable bonds is 6. The van der Waals surface area contributed by atoms with Gasteiger partial charge in [-0.25, -0.2) is 17.2 Å². The number of aromatic amines is 1. The van der Waals surface area contributed by atoms with Gasteiger partial charge in [-0.2, -0.15) is 9.40 Å². The molecule has 4 heterocycles. The second-order valence-corrected chi connectivity index (χ2v) is 10.6. The molecule has 0 saturated carbocycles. The highest BCUT2D eigenvalue weighted by atomic mass is 32.2. The Morgan fingerprint density at radius 2 is 1.92 bits per heavy atom.